The molecule has 1 aliphatic rings. The molecule has 0 spiro atoms. The summed E-state index contributed by atoms with van der Waals surface area (Å²) in [6.45, 7) is 4.34. The number of thioether (sulfide) groups is 1. The van der Waals surface area contributed by atoms with Gasteiger partial charge in [0.1, 0.15) is 0 Å². The van der Waals surface area contributed by atoms with Gasteiger partial charge in [0.15, 0.2) is 0 Å². The van der Waals surface area contributed by atoms with E-state index < -0.39 is 5.90 Å². The van der Waals surface area contributed by atoms with Crippen LogP contribution >= 0.6 is 24.2 Å². The Morgan fingerprint density at radius 1 is 1.42 bits per heavy atom. The molecule has 1 rings (SSSR count). The molecule has 19 heavy (non-hydrogen) atoms. The zero-order valence-corrected chi connectivity index (χ0v) is 13.7. The van der Waals surface area contributed by atoms with E-state index in [4.69, 9.17) is 10.5 Å². The van der Waals surface area contributed by atoms with Crippen molar-refractivity contribution in [2.75, 3.05) is 45.3 Å². The fourth-order valence-corrected chi connectivity index (χ4v) is 3.93. The Kier molecular flexibility index (Phi) is 8.36. The summed E-state index contributed by atoms with van der Waals surface area (Å²) in [4.78, 5) is 0. The first kappa shape index (κ1) is 19.0. The number of nitrogens with one attached hydrogen (secondary N) is 1. The first-order chi connectivity index (χ1) is 8.35. The van der Waals surface area contributed by atoms with E-state index in [1.807, 2.05) is 6.92 Å². The van der Waals surface area contributed by atoms with Gasteiger partial charge < -0.3 is 20.1 Å². The smallest absolute Gasteiger partial charge is 0.0824 e. The molecule has 3 unspecified atom stereocenters. The number of aliphatic hydroxyl groups excluding tert-OH is 1. The van der Waals surface area contributed by atoms with E-state index in [0.717, 1.165) is 35.5 Å². The molecule has 1 heterocycles. The third-order valence-electron chi connectivity index (χ3n) is 3.80. The maximum absolute atomic E-state index is 11.1. The number of halogens is 1. The maximum atomic E-state index is 11.1. The highest BCUT2D eigenvalue weighted by molar-refractivity contribution is 7.99. The predicted octanol–water partition coefficient (Wildman–Crippen LogP) is 0.820. The highest BCUT2D eigenvalue weighted by atomic mass is 35.5. The van der Waals surface area contributed by atoms with Gasteiger partial charge in [-0.05, 0) is 18.2 Å². The van der Waals surface area contributed by atoms with Crippen molar-refractivity contribution in [2.45, 2.75) is 13.3 Å². The molecule has 0 aromatic rings. The Hall–Kier alpha value is 0.0300. The lowest BCUT2D eigenvalue weighted by Gasteiger charge is -2.24. The molecule has 1 saturated heterocycles. The minimum atomic E-state index is -0.436. The molecule has 0 amide bonds. The zero-order chi connectivity index (χ0) is 13.8. The lowest BCUT2D eigenvalue weighted by molar-refractivity contribution is -0.880. The largest absolute Gasteiger partial charge is 0.862 e. The second-order valence-corrected chi connectivity index (χ2v) is 7.27. The van der Waals surface area contributed by atoms with Crippen molar-refractivity contribution in [3.63, 3.8) is 0 Å². The van der Waals surface area contributed by atoms with Crippen LogP contribution in [0.2, 0.25) is 0 Å². The van der Waals surface area contributed by atoms with E-state index in [1.165, 1.54) is 0 Å². The average molecular weight is 311 g/mol. The first-order valence-corrected chi connectivity index (χ1v) is 7.77. The van der Waals surface area contributed by atoms with E-state index >= 15 is 0 Å². The van der Waals surface area contributed by atoms with Gasteiger partial charge in [0.05, 0.1) is 33.8 Å². The van der Waals surface area contributed by atoms with E-state index in [2.05, 4.69) is 14.1 Å². The maximum Gasteiger partial charge on any atom is 0.0824 e. The molecule has 4 nitrogen and oxygen atoms in total. The van der Waals surface area contributed by atoms with Crippen LogP contribution in [0.4, 0.5) is 0 Å². The fraction of sp³-hybridized carbons (Fsp3) is 0.923. The van der Waals surface area contributed by atoms with Gasteiger partial charge in [0.25, 0.3) is 0 Å². The molecule has 0 aromatic carbocycles. The summed E-state index contributed by atoms with van der Waals surface area (Å²) in [7, 11) is 4.47. The number of likely N-dealkylation sites (tertiary alicyclic amines) is 1. The van der Waals surface area contributed by atoms with Gasteiger partial charge in [0, 0.05) is 23.3 Å². The summed E-state index contributed by atoms with van der Waals surface area (Å²) >= 11 is 1.80. The van der Waals surface area contributed by atoms with Gasteiger partial charge in [-0.25, -0.2) is 0 Å². The number of hydrogen-bond donors (Lipinski definition) is 2. The van der Waals surface area contributed by atoms with Crippen LogP contribution < -0.4 is 5.11 Å². The molecule has 114 valence electrons. The Bertz CT molecular complexity index is 290. The first-order valence-electron chi connectivity index (χ1n) is 6.62. The van der Waals surface area contributed by atoms with Crippen molar-refractivity contribution < 1.29 is 14.7 Å². The van der Waals surface area contributed by atoms with E-state index in [0.29, 0.717) is 11.8 Å². The molecule has 0 aliphatic carbocycles. The lowest BCUT2D eigenvalue weighted by atomic mass is 9.88. The highest BCUT2D eigenvalue weighted by Gasteiger charge is 2.40. The molecule has 6 heteroatoms. The van der Waals surface area contributed by atoms with Gasteiger partial charge in [0.2, 0.25) is 0 Å². The molecule has 0 bridgehead atoms. The van der Waals surface area contributed by atoms with Gasteiger partial charge >= 0.3 is 0 Å². The Morgan fingerprint density at radius 2 is 2.00 bits per heavy atom. The molecule has 2 N–H and O–H groups in total. The van der Waals surface area contributed by atoms with Crippen LogP contribution in [-0.2, 0) is 0 Å². The topological polar surface area (TPSA) is 67.1 Å². The van der Waals surface area contributed by atoms with Crippen molar-refractivity contribution in [3.8, 4) is 0 Å². The second kappa shape index (κ2) is 8.35. The molecule has 0 radical (unpaired) electrons. The standard InChI is InChI=1S/C13H26N2O2S.ClH/c1-10(13(14)17)6-11-7-15(2,3)8-12(11)9-18-5-4-16;/h10-12,16H,4-9H2,1-3H3,(H-,14,17);1H. The summed E-state index contributed by atoms with van der Waals surface area (Å²) < 4.78 is 1.01. The van der Waals surface area contributed by atoms with Crippen LogP contribution in [0.15, 0.2) is 0 Å². The molecule has 0 aromatic heterocycles. The monoisotopic (exact) mass is 310 g/mol. The Balaban J connectivity index is 0.00000324. The van der Waals surface area contributed by atoms with Gasteiger partial charge in [-0.15, -0.1) is 12.4 Å². The third kappa shape index (κ3) is 6.34. The number of aliphatic hydroxyl groups is 1. The Morgan fingerprint density at radius 3 is 2.53 bits per heavy atom. The molecule has 3 atom stereocenters. The third-order valence-corrected chi connectivity index (χ3v) is 4.93. The molecule has 1 aliphatic heterocycles. The molecule has 0 saturated carbocycles. The minimum absolute atomic E-state index is 0. The van der Waals surface area contributed by atoms with Gasteiger partial charge in [-0.3, -0.25) is 0 Å². The van der Waals surface area contributed by atoms with Gasteiger partial charge in [-0.1, -0.05) is 6.92 Å². The molecular formula is C13H27ClN2O2S. The van der Waals surface area contributed by atoms with Crippen molar-refractivity contribution in [2.24, 2.45) is 17.8 Å². The second-order valence-electron chi connectivity index (χ2n) is 6.12. The average Bonchev–Trinajstić information content (AvgIpc) is 2.53. The number of hydrogen-bond acceptors (Lipinski definition) is 4. The summed E-state index contributed by atoms with van der Waals surface area (Å²) in [5.74, 6) is 2.43. The van der Waals surface area contributed by atoms with Crippen molar-refractivity contribution >= 4 is 30.1 Å². The normalized spacial score (nSPS) is 26.7. The summed E-state index contributed by atoms with van der Waals surface area (Å²) in [5.41, 5.74) is 0. The lowest BCUT2D eigenvalue weighted by Crippen LogP contribution is -2.37. The summed E-state index contributed by atoms with van der Waals surface area (Å²) in [6.07, 6.45) is 0.842. The quantitative estimate of drug-likeness (QED) is 0.317. The summed E-state index contributed by atoms with van der Waals surface area (Å²) in [5, 5.41) is 27.1. The number of nitrogens with zero attached hydrogens (tertiary/aromatic N) is 1. The number of quaternary nitrogens is 1. The van der Waals surface area contributed by atoms with E-state index in [9.17, 15) is 5.11 Å². The van der Waals surface area contributed by atoms with Crippen LogP contribution in [-0.4, -0.2) is 60.8 Å². The van der Waals surface area contributed by atoms with Crippen LogP contribution in [0.3, 0.4) is 0 Å². The fourth-order valence-electron chi connectivity index (χ4n) is 2.96. The SMILES string of the molecule is CC(CC1C[N+](C)(C)CC1CSCCO)C(=N)[O-].Cl. The van der Waals surface area contributed by atoms with E-state index in [1.54, 1.807) is 11.8 Å². The van der Waals surface area contributed by atoms with Crippen LogP contribution in [0.25, 0.3) is 0 Å². The Labute approximate surface area is 127 Å². The molecule has 1 fully saturated rings. The number of rotatable bonds is 7. The predicted molar refractivity (Wildman–Crippen MR) is 82.0 cm³/mol. The summed E-state index contributed by atoms with van der Waals surface area (Å²) in [6, 6.07) is 0. The van der Waals surface area contributed by atoms with Crippen LogP contribution in [0, 0.1) is 23.2 Å². The van der Waals surface area contributed by atoms with Crippen LogP contribution in [0.1, 0.15) is 13.3 Å². The van der Waals surface area contributed by atoms with Crippen molar-refractivity contribution in [3.05, 3.63) is 0 Å². The highest BCUT2D eigenvalue weighted by Crippen LogP contribution is 2.33. The van der Waals surface area contributed by atoms with Crippen LogP contribution in [0.5, 0.6) is 0 Å². The van der Waals surface area contributed by atoms with Crippen molar-refractivity contribution in [1.82, 2.24) is 0 Å². The molecular weight excluding hydrogens is 284 g/mol. The zero-order valence-electron chi connectivity index (χ0n) is 12.1. The van der Waals surface area contributed by atoms with Gasteiger partial charge in [-0.2, -0.15) is 11.8 Å². The minimum Gasteiger partial charge on any atom is -0.862 e. The van der Waals surface area contributed by atoms with Crippen molar-refractivity contribution in [1.29, 1.82) is 5.41 Å². The van der Waals surface area contributed by atoms with E-state index in [-0.39, 0.29) is 24.9 Å².